The fraction of sp³-hybridized carbons (Fsp3) is 1.00. The number of rotatable bonds is 12. The molecule has 0 aliphatic carbocycles. The molecule has 0 aromatic carbocycles. The minimum absolute atomic E-state index is 0.124. The van der Waals surface area contributed by atoms with Gasteiger partial charge in [0.2, 0.25) is 0 Å². The average molecular weight is 608 g/mol. The molecule has 0 fully saturated rings. The van der Waals surface area contributed by atoms with Gasteiger partial charge in [0.1, 0.15) is 0 Å². The van der Waals surface area contributed by atoms with Gasteiger partial charge in [-0.25, -0.2) is 28.1 Å². The molecule has 0 saturated carbocycles. The molecule has 6 nitrogen and oxygen atoms in total. The maximum Gasteiger partial charge on any atom is 0.460 e. The predicted molar refractivity (Wildman–Crippen MR) is 73.0 cm³/mol. The molecular weight excluding hydrogens is 601 g/mol. The number of alkyl halides is 19. The Balaban J connectivity index is 6.33. The summed E-state index contributed by atoms with van der Waals surface area (Å²) in [5.74, 6) is -41.7. The number of hydrogen-bond donors (Lipinski definition) is 4. The molecule has 218 valence electrons. The van der Waals surface area contributed by atoms with Gasteiger partial charge in [-0.1, -0.05) is 0 Å². The first-order chi connectivity index (χ1) is 15.4. The summed E-state index contributed by atoms with van der Waals surface area (Å²) >= 11 is 0. The minimum Gasteiger partial charge on any atom is -0.270 e. The highest BCUT2D eigenvalue weighted by Gasteiger charge is 2.86. The van der Waals surface area contributed by atoms with Gasteiger partial charge in [0.15, 0.2) is 6.17 Å². The monoisotopic (exact) mass is 608 g/mol. The van der Waals surface area contributed by atoms with E-state index in [1.54, 1.807) is 0 Å². The fourth-order valence-electron chi connectivity index (χ4n) is 1.70. The van der Waals surface area contributed by atoms with E-state index in [2.05, 4.69) is 5.84 Å². The molecule has 26 heteroatoms. The Hall–Kier alpha value is -1.54. The predicted octanol–water partition coefficient (Wildman–Crippen LogP) is 3.43. The maximum atomic E-state index is 13.8. The van der Waals surface area contributed by atoms with Gasteiger partial charge in [-0.2, -0.15) is 74.6 Å². The summed E-state index contributed by atoms with van der Waals surface area (Å²) in [4.78, 5) is -0.574. The SMILES string of the molecule is NNC(NNS(=O)(=O)C(F)(F)C(F)(F)C(F)(F)C(F)(F)F)C(F)(F)C(F)(F)C(F)(F)C(F)(F)C(F)F. The highest BCUT2D eigenvalue weighted by atomic mass is 32.2. The van der Waals surface area contributed by atoms with Crippen molar-refractivity contribution in [3.63, 3.8) is 0 Å². The van der Waals surface area contributed by atoms with Crippen LogP contribution >= 0.6 is 0 Å². The molecule has 0 radical (unpaired) electrons. The van der Waals surface area contributed by atoms with Crippen molar-refractivity contribution >= 4 is 10.0 Å². The summed E-state index contributed by atoms with van der Waals surface area (Å²) in [6.45, 7) is 0. The van der Waals surface area contributed by atoms with Gasteiger partial charge in [0, 0.05) is 0 Å². The average Bonchev–Trinajstić information content (AvgIpc) is 2.66. The van der Waals surface area contributed by atoms with Crippen LogP contribution < -0.4 is 21.5 Å². The summed E-state index contributed by atoms with van der Waals surface area (Å²) < 4.78 is 267. The molecule has 0 amide bonds. The highest BCUT2D eigenvalue weighted by Crippen LogP contribution is 2.56. The van der Waals surface area contributed by atoms with Crippen LogP contribution in [0.25, 0.3) is 0 Å². The van der Waals surface area contributed by atoms with Crippen LogP contribution in [0.2, 0.25) is 0 Å². The molecule has 0 aliphatic heterocycles. The van der Waals surface area contributed by atoms with Gasteiger partial charge in [0.25, 0.3) is 10.0 Å². The van der Waals surface area contributed by atoms with Crippen LogP contribution in [0.1, 0.15) is 0 Å². The lowest BCUT2D eigenvalue weighted by Crippen LogP contribution is -2.74. The third kappa shape index (κ3) is 4.84. The third-order valence-corrected chi connectivity index (χ3v) is 5.14. The number of nitrogens with two attached hydrogens (primary N) is 1. The summed E-state index contributed by atoms with van der Waals surface area (Å²) in [5, 5.41) is -7.68. The minimum atomic E-state index is -7.99. The summed E-state index contributed by atoms with van der Waals surface area (Å²) in [7, 11) is -7.90. The van der Waals surface area contributed by atoms with E-state index in [1.165, 1.54) is 0 Å². The van der Waals surface area contributed by atoms with E-state index in [0.29, 0.717) is 0 Å². The number of halogens is 19. The van der Waals surface area contributed by atoms with E-state index >= 15 is 0 Å². The van der Waals surface area contributed by atoms with Crippen molar-refractivity contribution in [3.05, 3.63) is 0 Å². The van der Waals surface area contributed by atoms with Crippen molar-refractivity contribution in [2.45, 2.75) is 59.6 Å². The Morgan fingerprint density at radius 3 is 1.25 bits per heavy atom. The Morgan fingerprint density at radius 2 is 0.944 bits per heavy atom. The Kier molecular flexibility index (Phi) is 8.93. The molecule has 0 rings (SSSR count). The molecule has 5 N–H and O–H groups in total. The zero-order valence-corrected chi connectivity index (χ0v) is 16.5. The summed E-state index contributed by atoms with van der Waals surface area (Å²) in [6.07, 6.45) is -18.0. The van der Waals surface area contributed by atoms with Crippen molar-refractivity contribution < 1.29 is 91.8 Å². The van der Waals surface area contributed by atoms with E-state index in [0.717, 1.165) is 0 Å². The number of hydrogen-bond acceptors (Lipinski definition) is 5. The molecule has 0 heterocycles. The molecule has 0 aromatic rings. The van der Waals surface area contributed by atoms with Crippen molar-refractivity contribution in [1.82, 2.24) is 15.7 Å². The van der Waals surface area contributed by atoms with Crippen LogP contribution in [0.4, 0.5) is 83.4 Å². The van der Waals surface area contributed by atoms with E-state index < -0.39 is 74.4 Å². The van der Waals surface area contributed by atoms with Crippen LogP contribution in [0, 0.1) is 0 Å². The van der Waals surface area contributed by atoms with Crippen molar-refractivity contribution in [1.29, 1.82) is 0 Å². The van der Waals surface area contributed by atoms with Gasteiger partial charge >= 0.3 is 53.4 Å². The summed E-state index contributed by atoms with van der Waals surface area (Å²) in [6, 6.07) is 0. The standard InChI is InChI=1S/C10H7F19N4O2S/c11-1(12)3(13,14)5(17,18)6(19,20)4(15,16)2(31-30)32-33-36(34,35)10(28,29)8(23,24)7(21,22)9(25,26)27/h1-2,31-33H,30H2. The molecule has 0 spiro atoms. The zero-order chi connectivity index (χ0) is 29.8. The lowest BCUT2D eigenvalue weighted by atomic mass is 9.97. The van der Waals surface area contributed by atoms with Crippen LogP contribution in [0.15, 0.2) is 0 Å². The highest BCUT2D eigenvalue weighted by molar-refractivity contribution is 7.90. The molecule has 0 aromatic heterocycles. The van der Waals surface area contributed by atoms with Gasteiger partial charge in [-0.3, -0.25) is 5.84 Å². The van der Waals surface area contributed by atoms with Gasteiger partial charge in [0.05, 0.1) is 0 Å². The van der Waals surface area contributed by atoms with Crippen molar-refractivity contribution in [2.75, 3.05) is 0 Å². The zero-order valence-electron chi connectivity index (χ0n) is 15.6. The number of hydrazine groups is 2. The van der Waals surface area contributed by atoms with Crippen molar-refractivity contribution in [3.8, 4) is 0 Å². The molecular formula is C10H7F19N4O2S. The first kappa shape index (κ1) is 34.5. The third-order valence-electron chi connectivity index (χ3n) is 3.83. The van der Waals surface area contributed by atoms with Crippen LogP contribution in [-0.4, -0.2) is 68.0 Å². The summed E-state index contributed by atoms with van der Waals surface area (Å²) in [5.41, 5.74) is -0.108. The number of nitrogens with one attached hydrogen (secondary N) is 3. The Bertz CT molecular complexity index is 885. The normalized spacial score (nSPS) is 17.0. The smallest absolute Gasteiger partial charge is 0.270 e. The van der Waals surface area contributed by atoms with E-state index in [1.807, 2.05) is 0 Å². The van der Waals surface area contributed by atoms with Crippen LogP contribution in [0.5, 0.6) is 0 Å². The van der Waals surface area contributed by atoms with Gasteiger partial charge in [-0.15, -0.1) is 4.83 Å². The molecule has 0 saturated heterocycles. The van der Waals surface area contributed by atoms with E-state index in [-0.39, 0.29) is 10.9 Å². The lowest BCUT2D eigenvalue weighted by molar-refractivity contribution is -0.388. The molecule has 1 unspecified atom stereocenters. The maximum absolute atomic E-state index is 13.8. The molecule has 0 aliphatic rings. The van der Waals surface area contributed by atoms with Crippen LogP contribution in [0.3, 0.4) is 0 Å². The molecule has 36 heavy (non-hydrogen) atoms. The largest absolute Gasteiger partial charge is 0.460 e. The van der Waals surface area contributed by atoms with Crippen LogP contribution in [-0.2, 0) is 10.0 Å². The lowest BCUT2D eigenvalue weighted by Gasteiger charge is -2.39. The topological polar surface area (TPSA) is 96.2 Å². The first-order valence-corrected chi connectivity index (χ1v) is 9.07. The molecule has 0 bridgehead atoms. The quantitative estimate of drug-likeness (QED) is 0.118. The van der Waals surface area contributed by atoms with E-state index in [4.69, 9.17) is 0 Å². The van der Waals surface area contributed by atoms with Gasteiger partial charge < -0.3 is 0 Å². The number of sulfonamides is 1. The van der Waals surface area contributed by atoms with E-state index in [9.17, 15) is 91.8 Å². The fourth-order valence-corrected chi connectivity index (χ4v) is 2.57. The van der Waals surface area contributed by atoms with Gasteiger partial charge in [-0.05, 0) is 0 Å². The Labute approximate surface area is 184 Å². The second kappa shape index (κ2) is 9.33. The second-order valence-electron chi connectivity index (χ2n) is 6.21. The Morgan fingerprint density at radius 1 is 0.583 bits per heavy atom. The van der Waals surface area contributed by atoms with Crippen molar-refractivity contribution in [2.24, 2.45) is 5.84 Å². The second-order valence-corrected chi connectivity index (χ2v) is 7.93. The first-order valence-electron chi connectivity index (χ1n) is 7.58. The molecule has 1 atom stereocenters.